The largest absolute Gasteiger partial charge is 0.339 e. The first-order valence-electron chi connectivity index (χ1n) is 7.23. The molecular formula is C16H17N5O. The third kappa shape index (κ3) is 1.98. The Morgan fingerprint density at radius 1 is 1.45 bits per heavy atom. The molecule has 0 spiro atoms. The van der Waals surface area contributed by atoms with E-state index in [0.717, 1.165) is 5.57 Å². The maximum absolute atomic E-state index is 11.6. The predicted molar refractivity (Wildman–Crippen MR) is 78.1 cm³/mol. The lowest BCUT2D eigenvalue weighted by molar-refractivity contribution is -0.129. The minimum Gasteiger partial charge on any atom is -0.339 e. The van der Waals surface area contributed by atoms with Crippen LogP contribution >= 0.6 is 0 Å². The molecule has 0 saturated heterocycles. The van der Waals surface area contributed by atoms with Gasteiger partial charge < -0.3 is 10.3 Å². The number of amides is 1. The van der Waals surface area contributed by atoms with E-state index in [0.29, 0.717) is 19.5 Å². The molecule has 0 aromatic heterocycles. The van der Waals surface area contributed by atoms with Gasteiger partial charge in [0, 0.05) is 31.8 Å². The SMILES string of the molecule is CC[C@H]1[C@H]2CN(C(C)=O)CC=C2[C@@H](C#N)C(=N)C1(C#N)C#N. The van der Waals surface area contributed by atoms with Crippen molar-refractivity contribution in [3.8, 4) is 18.2 Å². The standard InChI is InChI=1S/C16H17N5O/c1-3-14-13-7-21(10(2)22)5-4-11(13)12(6-17)15(20)16(14,8-18)9-19/h4,12-14,20H,3,5,7H2,1-2H3/t12-,13+,14+/m1/s1. The summed E-state index contributed by atoms with van der Waals surface area (Å²) >= 11 is 0. The molecule has 3 atom stereocenters. The average Bonchev–Trinajstić information content (AvgIpc) is 2.53. The van der Waals surface area contributed by atoms with Gasteiger partial charge in [-0.15, -0.1) is 0 Å². The Kier molecular flexibility index (Phi) is 4.02. The summed E-state index contributed by atoms with van der Waals surface area (Å²) in [7, 11) is 0. The predicted octanol–water partition coefficient (Wildman–Crippen LogP) is 1.62. The van der Waals surface area contributed by atoms with E-state index < -0.39 is 11.3 Å². The van der Waals surface area contributed by atoms with Crippen molar-refractivity contribution in [1.29, 1.82) is 21.2 Å². The molecule has 0 bridgehead atoms. The second kappa shape index (κ2) is 5.62. The van der Waals surface area contributed by atoms with E-state index in [1.54, 1.807) is 4.90 Å². The zero-order valence-corrected chi connectivity index (χ0v) is 12.6. The molecule has 0 aromatic rings. The van der Waals surface area contributed by atoms with Gasteiger partial charge >= 0.3 is 0 Å². The Morgan fingerprint density at radius 2 is 2.09 bits per heavy atom. The first-order valence-corrected chi connectivity index (χ1v) is 7.23. The molecule has 1 N–H and O–H groups in total. The van der Waals surface area contributed by atoms with Crippen LogP contribution < -0.4 is 0 Å². The number of carbonyl (C=O) groups is 1. The number of nitriles is 3. The highest BCUT2D eigenvalue weighted by atomic mass is 16.2. The third-order valence-electron chi connectivity index (χ3n) is 4.85. The van der Waals surface area contributed by atoms with Gasteiger partial charge in [-0.3, -0.25) is 4.79 Å². The van der Waals surface area contributed by atoms with E-state index in [-0.39, 0.29) is 23.5 Å². The van der Waals surface area contributed by atoms with Gasteiger partial charge in [0.2, 0.25) is 5.91 Å². The van der Waals surface area contributed by atoms with Crippen molar-refractivity contribution in [3.05, 3.63) is 11.6 Å². The lowest BCUT2D eigenvalue weighted by atomic mass is 9.55. The minimum atomic E-state index is -1.59. The summed E-state index contributed by atoms with van der Waals surface area (Å²) < 4.78 is 0. The molecule has 1 fully saturated rings. The van der Waals surface area contributed by atoms with E-state index in [9.17, 15) is 20.6 Å². The average molecular weight is 295 g/mol. The van der Waals surface area contributed by atoms with Crippen molar-refractivity contribution in [2.75, 3.05) is 13.1 Å². The van der Waals surface area contributed by atoms with Crippen LogP contribution in [0.4, 0.5) is 0 Å². The Morgan fingerprint density at radius 3 is 2.55 bits per heavy atom. The molecule has 6 nitrogen and oxygen atoms in total. The molecule has 0 aromatic carbocycles. The number of nitrogens with one attached hydrogen (secondary N) is 1. The molecular weight excluding hydrogens is 278 g/mol. The molecule has 1 aliphatic heterocycles. The number of carbonyl (C=O) groups excluding carboxylic acids is 1. The normalized spacial score (nSPS) is 29.4. The number of hydrogen-bond acceptors (Lipinski definition) is 5. The van der Waals surface area contributed by atoms with Crippen LogP contribution in [0, 0.1) is 62.6 Å². The van der Waals surface area contributed by atoms with E-state index in [1.165, 1.54) is 6.92 Å². The van der Waals surface area contributed by atoms with Crippen molar-refractivity contribution in [3.63, 3.8) is 0 Å². The van der Waals surface area contributed by atoms with Crippen LogP contribution in [-0.4, -0.2) is 29.6 Å². The molecule has 6 heteroatoms. The van der Waals surface area contributed by atoms with E-state index in [2.05, 4.69) is 6.07 Å². The minimum absolute atomic E-state index is 0.0705. The van der Waals surface area contributed by atoms with Crippen LogP contribution in [0.3, 0.4) is 0 Å². The Balaban J connectivity index is 2.60. The zero-order valence-electron chi connectivity index (χ0n) is 12.6. The Hall–Kier alpha value is -2.65. The maximum atomic E-state index is 11.6. The summed E-state index contributed by atoms with van der Waals surface area (Å²) in [4.78, 5) is 13.3. The number of fused-ring (bicyclic) bond motifs is 1. The van der Waals surface area contributed by atoms with Gasteiger partial charge in [-0.25, -0.2) is 0 Å². The molecule has 112 valence electrons. The van der Waals surface area contributed by atoms with E-state index in [1.807, 2.05) is 25.1 Å². The summed E-state index contributed by atoms with van der Waals surface area (Å²) in [6.45, 7) is 4.16. The van der Waals surface area contributed by atoms with Crippen LogP contribution in [0.25, 0.3) is 0 Å². The fraction of sp³-hybridized carbons (Fsp3) is 0.562. The fourth-order valence-corrected chi connectivity index (χ4v) is 3.67. The first kappa shape index (κ1) is 15.7. The van der Waals surface area contributed by atoms with Crippen LogP contribution in [0.15, 0.2) is 11.6 Å². The molecule has 1 aliphatic carbocycles. The van der Waals surface area contributed by atoms with E-state index >= 15 is 0 Å². The molecule has 1 amide bonds. The highest BCUT2D eigenvalue weighted by Crippen LogP contribution is 2.49. The molecule has 2 aliphatic rings. The molecule has 2 rings (SSSR count). The molecule has 0 radical (unpaired) electrons. The summed E-state index contributed by atoms with van der Waals surface area (Å²) in [5.41, 5.74) is -0.916. The van der Waals surface area contributed by atoms with Crippen molar-refractivity contribution < 1.29 is 4.79 Å². The quantitative estimate of drug-likeness (QED) is 0.740. The molecule has 0 unspecified atom stereocenters. The Labute approximate surface area is 129 Å². The molecule has 1 saturated carbocycles. The van der Waals surface area contributed by atoms with Gasteiger partial charge in [0.05, 0.1) is 23.9 Å². The monoisotopic (exact) mass is 295 g/mol. The van der Waals surface area contributed by atoms with Gasteiger partial charge in [-0.1, -0.05) is 13.0 Å². The smallest absolute Gasteiger partial charge is 0.219 e. The summed E-state index contributed by atoms with van der Waals surface area (Å²) in [5, 5.41) is 36.8. The topological polar surface area (TPSA) is 116 Å². The lowest BCUT2D eigenvalue weighted by Gasteiger charge is -2.47. The maximum Gasteiger partial charge on any atom is 0.219 e. The number of hydrogen-bond donors (Lipinski definition) is 1. The highest BCUT2D eigenvalue weighted by molar-refractivity contribution is 6.00. The van der Waals surface area contributed by atoms with Crippen molar-refractivity contribution >= 4 is 11.6 Å². The Bertz CT molecular complexity index is 658. The summed E-state index contributed by atoms with van der Waals surface area (Å²) in [6, 6.07) is 6.05. The van der Waals surface area contributed by atoms with Gasteiger partial charge in [0.25, 0.3) is 0 Å². The van der Waals surface area contributed by atoms with Crippen LogP contribution in [-0.2, 0) is 4.79 Å². The van der Waals surface area contributed by atoms with Crippen LogP contribution in [0.2, 0.25) is 0 Å². The lowest BCUT2D eigenvalue weighted by Crippen LogP contribution is -2.54. The summed E-state index contributed by atoms with van der Waals surface area (Å²) in [5.74, 6) is -1.52. The second-order valence-electron chi connectivity index (χ2n) is 5.76. The number of nitrogens with zero attached hydrogens (tertiary/aromatic N) is 4. The second-order valence-corrected chi connectivity index (χ2v) is 5.76. The van der Waals surface area contributed by atoms with Crippen LogP contribution in [0.1, 0.15) is 20.3 Å². The van der Waals surface area contributed by atoms with Crippen LogP contribution in [0.5, 0.6) is 0 Å². The number of rotatable bonds is 1. The van der Waals surface area contributed by atoms with Gasteiger partial charge in [0.15, 0.2) is 5.41 Å². The van der Waals surface area contributed by atoms with Gasteiger partial charge in [-0.2, -0.15) is 15.8 Å². The van der Waals surface area contributed by atoms with Crippen molar-refractivity contribution in [2.24, 2.45) is 23.2 Å². The van der Waals surface area contributed by atoms with Gasteiger partial charge in [-0.05, 0) is 12.0 Å². The third-order valence-corrected chi connectivity index (χ3v) is 4.85. The van der Waals surface area contributed by atoms with E-state index in [4.69, 9.17) is 5.41 Å². The molecule has 1 heterocycles. The van der Waals surface area contributed by atoms with Gasteiger partial charge in [0.1, 0.15) is 5.92 Å². The fourth-order valence-electron chi connectivity index (χ4n) is 3.67. The highest BCUT2D eigenvalue weighted by Gasteiger charge is 2.56. The van der Waals surface area contributed by atoms with Crippen molar-refractivity contribution in [2.45, 2.75) is 20.3 Å². The zero-order chi connectivity index (χ0) is 16.5. The van der Waals surface area contributed by atoms with Crippen molar-refractivity contribution in [1.82, 2.24) is 4.90 Å². The first-order chi connectivity index (χ1) is 10.5. The summed E-state index contributed by atoms with van der Waals surface area (Å²) in [6.07, 6.45) is 2.36. The molecule has 22 heavy (non-hydrogen) atoms.